The molecule has 1 aliphatic rings. The van der Waals surface area contributed by atoms with Gasteiger partial charge in [-0.05, 0) is 48.7 Å². The molecule has 2 heterocycles. The molecule has 0 radical (unpaired) electrons. The summed E-state index contributed by atoms with van der Waals surface area (Å²) < 4.78 is 5.26. The van der Waals surface area contributed by atoms with Crippen LogP contribution in [0, 0.1) is 6.92 Å². The van der Waals surface area contributed by atoms with Crippen molar-refractivity contribution in [2.75, 3.05) is 38.2 Å². The number of para-hydroxylation sites is 1. The molecule has 0 atom stereocenters. The number of hydrogen-bond acceptors (Lipinski definition) is 4. The molecule has 0 aliphatic carbocycles. The van der Waals surface area contributed by atoms with Crippen LogP contribution in [0.4, 0.5) is 5.82 Å². The van der Waals surface area contributed by atoms with Gasteiger partial charge in [0, 0.05) is 38.0 Å². The summed E-state index contributed by atoms with van der Waals surface area (Å²) in [5, 5.41) is 1.20. The average Bonchev–Trinajstić information content (AvgIpc) is 2.77. The van der Waals surface area contributed by atoms with E-state index in [2.05, 4.69) is 30.0 Å². The number of rotatable bonds is 5. The van der Waals surface area contributed by atoms with E-state index in [1.54, 1.807) is 7.11 Å². The number of carbonyl (C=O) groups is 1. The minimum atomic E-state index is 0.218. The maximum atomic E-state index is 12.7. The van der Waals surface area contributed by atoms with Crippen LogP contribution >= 0.6 is 0 Å². The van der Waals surface area contributed by atoms with Crippen LogP contribution in [-0.2, 0) is 11.2 Å². The lowest BCUT2D eigenvalue weighted by Crippen LogP contribution is -2.49. The lowest BCUT2D eigenvalue weighted by molar-refractivity contribution is -0.131. The van der Waals surface area contributed by atoms with Gasteiger partial charge in [-0.25, -0.2) is 4.98 Å². The normalized spacial score (nSPS) is 14.3. The molecular weight excluding hydrogens is 362 g/mol. The van der Waals surface area contributed by atoms with Gasteiger partial charge in [0.25, 0.3) is 0 Å². The van der Waals surface area contributed by atoms with E-state index in [0.29, 0.717) is 6.42 Å². The molecule has 0 bridgehead atoms. The molecule has 4 rings (SSSR count). The smallest absolute Gasteiger partial charge is 0.223 e. The second-order valence-corrected chi connectivity index (χ2v) is 7.53. The summed E-state index contributed by atoms with van der Waals surface area (Å²) in [4.78, 5) is 21.8. The number of methoxy groups -OCH3 is 1. The second kappa shape index (κ2) is 8.52. The van der Waals surface area contributed by atoms with Crippen molar-refractivity contribution >= 4 is 22.6 Å². The number of pyridine rings is 1. The van der Waals surface area contributed by atoms with E-state index >= 15 is 0 Å². The Morgan fingerprint density at radius 1 is 1.03 bits per heavy atom. The van der Waals surface area contributed by atoms with Gasteiger partial charge in [-0.1, -0.05) is 30.3 Å². The molecule has 5 nitrogen and oxygen atoms in total. The highest BCUT2D eigenvalue weighted by molar-refractivity contribution is 5.84. The number of carbonyl (C=O) groups excluding carboxylic acids is 1. The molecule has 0 N–H and O–H groups in total. The Morgan fingerprint density at radius 2 is 1.83 bits per heavy atom. The third-order valence-electron chi connectivity index (χ3n) is 5.63. The van der Waals surface area contributed by atoms with E-state index in [-0.39, 0.29) is 5.91 Å². The first-order chi connectivity index (χ1) is 14.1. The Hall–Kier alpha value is -3.08. The summed E-state index contributed by atoms with van der Waals surface area (Å²) in [6.07, 6.45) is 1.27. The van der Waals surface area contributed by atoms with Crippen molar-refractivity contribution in [1.29, 1.82) is 0 Å². The fourth-order valence-corrected chi connectivity index (χ4v) is 3.92. The first-order valence-corrected chi connectivity index (χ1v) is 10.2. The topological polar surface area (TPSA) is 45.7 Å². The van der Waals surface area contributed by atoms with Crippen LogP contribution in [0.2, 0.25) is 0 Å². The van der Waals surface area contributed by atoms with Crippen LogP contribution in [0.15, 0.2) is 54.6 Å². The Morgan fingerprint density at radius 3 is 2.62 bits per heavy atom. The Balaban J connectivity index is 1.34. The summed E-state index contributed by atoms with van der Waals surface area (Å²) in [7, 11) is 1.66. The van der Waals surface area contributed by atoms with Crippen molar-refractivity contribution in [1.82, 2.24) is 9.88 Å². The van der Waals surface area contributed by atoms with E-state index in [0.717, 1.165) is 55.2 Å². The minimum Gasteiger partial charge on any atom is -0.497 e. The number of piperazine rings is 1. The molecule has 29 heavy (non-hydrogen) atoms. The summed E-state index contributed by atoms with van der Waals surface area (Å²) >= 11 is 0. The van der Waals surface area contributed by atoms with E-state index < -0.39 is 0 Å². The van der Waals surface area contributed by atoms with Crippen LogP contribution in [0.1, 0.15) is 17.5 Å². The van der Waals surface area contributed by atoms with Gasteiger partial charge in [0.05, 0.1) is 12.6 Å². The number of hydrogen-bond donors (Lipinski definition) is 0. The summed E-state index contributed by atoms with van der Waals surface area (Å²) in [6, 6.07) is 18.3. The van der Waals surface area contributed by atoms with Crippen LogP contribution in [0.3, 0.4) is 0 Å². The zero-order valence-electron chi connectivity index (χ0n) is 17.1. The molecule has 1 fully saturated rings. The quantitative estimate of drug-likeness (QED) is 0.665. The first-order valence-electron chi connectivity index (χ1n) is 10.2. The van der Waals surface area contributed by atoms with Gasteiger partial charge in [-0.2, -0.15) is 0 Å². The Bertz CT molecular complexity index is 1010. The van der Waals surface area contributed by atoms with Gasteiger partial charge in [-0.3, -0.25) is 4.79 Å². The Labute approximate surface area is 171 Å². The van der Waals surface area contributed by atoms with Crippen molar-refractivity contribution in [3.05, 3.63) is 65.7 Å². The number of anilines is 1. The third kappa shape index (κ3) is 4.34. The molecular formula is C24H27N3O2. The highest BCUT2D eigenvalue weighted by Gasteiger charge is 2.22. The predicted octanol–water partition coefficient (Wildman–Crippen LogP) is 3.83. The van der Waals surface area contributed by atoms with Crippen LogP contribution in [0.25, 0.3) is 10.9 Å². The first kappa shape index (κ1) is 19.2. The van der Waals surface area contributed by atoms with Gasteiger partial charge in [0.1, 0.15) is 11.6 Å². The molecule has 0 saturated carbocycles. The van der Waals surface area contributed by atoms with Crippen molar-refractivity contribution in [3.8, 4) is 5.75 Å². The number of aromatic nitrogens is 1. The minimum absolute atomic E-state index is 0.218. The summed E-state index contributed by atoms with van der Waals surface area (Å²) in [5.41, 5.74) is 3.40. The number of ether oxygens (including phenoxy) is 1. The second-order valence-electron chi connectivity index (χ2n) is 7.53. The fourth-order valence-electron chi connectivity index (χ4n) is 3.92. The number of fused-ring (bicyclic) bond motifs is 1. The molecule has 3 aromatic rings. The van der Waals surface area contributed by atoms with Crippen molar-refractivity contribution in [3.63, 3.8) is 0 Å². The molecule has 1 amide bonds. The van der Waals surface area contributed by atoms with Gasteiger partial charge >= 0.3 is 0 Å². The van der Waals surface area contributed by atoms with E-state index in [4.69, 9.17) is 9.72 Å². The monoisotopic (exact) mass is 389 g/mol. The molecule has 0 spiro atoms. The fraction of sp³-hybridized carbons (Fsp3) is 0.333. The molecule has 5 heteroatoms. The van der Waals surface area contributed by atoms with Crippen LogP contribution in [0.5, 0.6) is 5.75 Å². The van der Waals surface area contributed by atoms with Gasteiger partial charge in [0.15, 0.2) is 0 Å². The molecule has 0 unspecified atom stereocenters. The molecule has 1 saturated heterocycles. The van der Waals surface area contributed by atoms with Gasteiger partial charge < -0.3 is 14.5 Å². The number of nitrogens with zero attached hydrogens (tertiary/aromatic N) is 3. The lowest BCUT2D eigenvalue weighted by atomic mass is 10.1. The largest absolute Gasteiger partial charge is 0.497 e. The average molecular weight is 389 g/mol. The predicted molar refractivity (Wildman–Crippen MR) is 117 cm³/mol. The highest BCUT2D eigenvalue weighted by Crippen LogP contribution is 2.23. The zero-order valence-corrected chi connectivity index (χ0v) is 17.1. The SMILES string of the molecule is COc1cccc(CCC(=O)N2CCN(c3cc(C)c4ccccc4n3)CC2)c1. The molecule has 2 aromatic carbocycles. The van der Waals surface area contributed by atoms with Crippen LogP contribution in [-0.4, -0.2) is 49.1 Å². The van der Waals surface area contributed by atoms with Crippen molar-refractivity contribution in [2.45, 2.75) is 19.8 Å². The summed E-state index contributed by atoms with van der Waals surface area (Å²) in [6.45, 7) is 5.24. The van der Waals surface area contributed by atoms with Gasteiger partial charge in [0.2, 0.25) is 5.91 Å². The van der Waals surface area contributed by atoms with Gasteiger partial charge in [-0.15, -0.1) is 0 Å². The van der Waals surface area contributed by atoms with E-state index in [1.165, 1.54) is 10.9 Å². The lowest BCUT2D eigenvalue weighted by Gasteiger charge is -2.35. The maximum Gasteiger partial charge on any atom is 0.223 e. The van der Waals surface area contributed by atoms with Crippen molar-refractivity contribution < 1.29 is 9.53 Å². The summed E-state index contributed by atoms with van der Waals surface area (Å²) in [5.74, 6) is 2.06. The number of amides is 1. The molecule has 150 valence electrons. The third-order valence-corrected chi connectivity index (χ3v) is 5.63. The standard InChI is InChI=1S/C24H27N3O2/c1-18-16-23(25-22-9-4-3-8-21(18)22)26-12-14-27(15-13-26)24(28)11-10-19-6-5-7-20(17-19)29-2/h3-9,16-17H,10-15H2,1-2H3. The van der Waals surface area contributed by atoms with E-state index in [1.807, 2.05) is 41.3 Å². The highest BCUT2D eigenvalue weighted by atomic mass is 16.5. The van der Waals surface area contributed by atoms with Crippen LogP contribution < -0.4 is 9.64 Å². The number of aryl methyl sites for hydroxylation is 2. The van der Waals surface area contributed by atoms with Crippen molar-refractivity contribution in [2.24, 2.45) is 0 Å². The maximum absolute atomic E-state index is 12.7. The number of benzene rings is 2. The Kier molecular flexibility index (Phi) is 5.65. The molecule has 1 aromatic heterocycles. The van der Waals surface area contributed by atoms with E-state index in [9.17, 15) is 4.79 Å². The molecule has 1 aliphatic heterocycles. The zero-order chi connectivity index (χ0) is 20.2.